The van der Waals surface area contributed by atoms with E-state index in [1.165, 1.54) is 0 Å². The van der Waals surface area contributed by atoms with E-state index in [9.17, 15) is 0 Å². The van der Waals surface area contributed by atoms with Gasteiger partial charge in [-0.05, 0) is 25.5 Å². The number of pyridine rings is 1. The molecule has 1 aromatic rings. The van der Waals surface area contributed by atoms with E-state index in [0.29, 0.717) is 31.5 Å². The molecule has 0 aliphatic carbocycles. The Labute approximate surface area is 114 Å². The molecule has 0 aliphatic heterocycles. The largest absolute Gasteiger partial charge is 0.379 e. The summed E-state index contributed by atoms with van der Waals surface area (Å²) in [5, 5.41) is 3.86. The molecule has 0 bridgehead atoms. The first-order valence-electron chi connectivity index (χ1n) is 6.32. The fourth-order valence-electron chi connectivity index (χ4n) is 1.37. The van der Waals surface area contributed by atoms with Crippen LogP contribution in [0, 0.1) is 0 Å². The van der Waals surface area contributed by atoms with Gasteiger partial charge in [0.05, 0.1) is 30.5 Å². The third-order valence-electron chi connectivity index (χ3n) is 2.29. The smallest absolute Gasteiger partial charge is 0.126 e. The maximum Gasteiger partial charge on any atom is 0.126 e. The Morgan fingerprint density at radius 1 is 1.22 bits per heavy atom. The van der Waals surface area contributed by atoms with Gasteiger partial charge in [0.1, 0.15) is 5.82 Å². The molecule has 0 spiro atoms. The van der Waals surface area contributed by atoms with Gasteiger partial charge in [-0.25, -0.2) is 4.98 Å². The zero-order chi connectivity index (χ0) is 13.2. The second-order valence-corrected chi connectivity index (χ2v) is 4.21. The Hall–Kier alpha value is -0.840. The standard InChI is InChI=1S/C13H21ClN2O2/c1-3-7-15-13-6-5-11(14)12(16-13)10-18-9-8-17-4-2/h5-6H,3-4,7-10H2,1-2H3,(H,15,16). The summed E-state index contributed by atoms with van der Waals surface area (Å²) >= 11 is 6.07. The van der Waals surface area contributed by atoms with Crippen LogP contribution < -0.4 is 5.32 Å². The van der Waals surface area contributed by atoms with Crippen molar-refractivity contribution in [3.63, 3.8) is 0 Å². The van der Waals surface area contributed by atoms with E-state index in [-0.39, 0.29) is 0 Å². The Bertz CT molecular complexity index is 348. The third kappa shape index (κ3) is 5.67. The van der Waals surface area contributed by atoms with Crippen molar-refractivity contribution in [1.29, 1.82) is 0 Å². The molecule has 0 aromatic carbocycles. The van der Waals surface area contributed by atoms with Crippen molar-refractivity contribution in [1.82, 2.24) is 4.98 Å². The molecule has 1 rings (SSSR count). The second kappa shape index (κ2) is 9.14. The molecular formula is C13H21ClN2O2. The van der Waals surface area contributed by atoms with Gasteiger partial charge in [0, 0.05) is 13.2 Å². The monoisotopic (exact) mass is 272 g/mol. The van der Waals surface area contributed by atoms with Crippen LogP contribution in [0.4, 0.5) is 5.82 Å². The lowest BCUT2D eigenvalue weighted by molar-refractivity contribution is 0.0442. The molecule has 0 radical (unpaired) electrons. The fraction of sp³-hybridized carbons (Fsp3) is 0.615. The number of ether oxygens (including phenoxy) is 2. The molecule has 18 heavy (non-hydrogen) atoms. The minimum Gasteiger partial charge on any atom is -0.379 e. The zero-order valence-electron chi connectivity index (χ0n) is 11.0. The maximum atomic E-state index is 6.07. The van der Waals surface area contributed by atoms with Crippen LogP contribution in [0.3, 0.4) is 0 Å². The summed E-state index contributed by atoms with van der Waals surface area (Å²) in [5.74, 6) is 0.838. The molecule has 1 heterocycles. The Balaban J connectivity index is 2.42. The van der Waals surface area contributed by atoms with E-state index in [0.717, 1.165) is 24.5 Å². The van der Waals surface area contributed by atoms with Crippen LogP contribution in [0.1, 0.15) is 26.0 Å². The topological polar surface area (TPSA) is 43.4 Å². The summed E-state index contributed by atoms with van der Waals surface area (Å²) in [5.41, 5.74) is 0.759. The first-order valence-corrected chi connectivity index (χ1v) is 6.70. The van der Waals surface area contributed by atoms with Crippen molar-refractivity contribution < 1.29 is 9.47 Å². The van der Waals surface area contributed by atoms with Gasteiger partial charge in [-0.1, -0.05) is 18.5 Å². The van der Waals surface area contributed by atoms with Crippen molar-refractivity contribution in [3.05, 3.63) is 22.8 Å². The number of aromatic nitrogens is 1. The molecule has 0 unspecified atom stereocenters. The van der Waals surface area contributed by atoms with Gasteiger partial charge in [-0.2, -0.15) is 0 Å². The first kappa shape index (κ1) is 15.2. The average Bonchev–Trinajstić information content (AvgIpc) is 2.39. The molecule has 0 saturated carbocycles. The summed E-state index contributed by atoms with van der Waals surface area (Å²) < 4.78 is 10.7. The van der Waals surface area contributed by atoms with Gasteiger partial charge < -0.3 is 14.8 Å². The predicted molar refractivity (Wildman–Crippen MR) is 74.2 cm³/mol. The Morgan fingerprint density at radius 3 is 2.72 bits per heavy atom. The Morgan fingerprint density at radius 2 is 2.00 bits per heavy atom. The van der Waals surface area contributed by atoms with Crippen molar-refractivity contribution in [2.24, 2.45) is 0 Å². The van der Waals surface area contributed by atoms with Crippen LogP contribution in [0.25, 0.3) is 0 Å². The van der Waals surface area contributed by atoms with Crippen LogP contribution in [0.2, 0.25) is 5.02 Å². The number of halogens is 1. The molecule has 0 saturated heterocycles. The molecule has 5 heteroatoms. The van der Waals surface area contributed by atoms with Crippen LogP contribution in [-0.2, 0) is 16.1 Å². The average molecular weight is 273 g/mol. The van der Waals surface area contributed by atoms with Crippen LogP contribution in [0.5, 0.6) is 0 Å². The molecule has 0 aliphatic rings. The van der Waals surface area contributed by atoms with Gasteiger partial charge in [0.15, 0.2) is 0 Å². The number of hydrogen-bond acceptors (Lipinski definition) is 4. The highest BCUT2D eigenvalue weighted by Gasteiger charge is 2.04. The first-order chi connectivity index (χ1) is 8.77. The molecular weight excluding hydrogens is 252 g/mol. The summed E-state index contributed by atoms with van der Waals surface area (Å²) in [6.45, 7) is 7.24. The third-order valence-corrected chi connectivity index (χ3v) is 2.63. The maximum absolute atomic E-state index is 6.07. The lowest BCUT2D eigenvalue weighted by Crippen LogP contribution is -2.07. The van der Waals surface area contributed by atoms with Crippen LogP contribution >= 0.6 is 11.6 Å². The van der Waals surface area contributed by atoms with Crippen molar-refractivity contribution in [2.45, 2.75) is 26.9 Å². The van der Waals surface area contributed by atoms with Crippen molar-refractivity contribution >= 4 is 17.4 Å². The van der Waals surface area contributed by atoms with Gasteiger partial charge >= 0.3 is 0 Å². The highest BCUT2D eigenvalue weighted by molar-refractivity contribution is 6.31. The van der Waals surface area contributed by atoms with Crippen molar-refractivity contribution in [3.8, 4) is 0 Å². The van der Waals surface area contributed by atoms with E-state index in [4.69, 9.17) is 21.1 Å². The van der Waals surface area contributed by atoms with Gasteiger partial charge in [-0.15, -0.1) is 0 Å². The van der Waals surface area contributed by atoms with E-state index in [2.05, 4.69) is 17.2 Å². The SMILES string of the molecule is CCCNc1ccc(Cl)c(COCCOCC)n1. The second-order valence-electron chi connectivity index (χ2n) is 3.80. The lowest BCUT2D eigenvalue weighted by Gasteiger charge is -2.09. The normalized spacial score (nSPS) is 10.6. The van der Waals surface area contributed by atoms with Gasteiger partial charge in [0.2, 0.25) is 0 Å². The molecule has 1 N–H and O–H groups in total. The van der Waals surface area contributed by atoms with Crippen LogP contribution in [-0.4, -0.2) is 31.3 Å². The highest BCUT2D eigenvalue weighted by atomic mass is 35.5. The van der Waals surface area contributed by atoms with Gasteiger partial charge in [-0.3, -0.25) is 0 Å². The zero-order valence-corrected chi connectivity index (χ0v) is 11.8. The molecule has 0 fully saturated rings. The summed E-state index contributed by atoms with van der Waals surface area (Å²) in [7, 11) is 0. The van der Waals surface area contributed by atoms with Crippen molar-refractivity contribution in [2.75, 3.05) is 31.7 Å². The molecule has 0 atom stereocenters. The van der Waals surface area contributed by atoms with E-state index >= 15 is 0 Å². The number of nitrogens with one attached hydrogen (secondary N) is 1. The minimum atomic E-state index is 0.410. The lowest BCUT2D eigenvalue weighted by atomic mass is 10.3. The Kier molecular flexibility index (Phi) is 7.73. The quantitative estimate of drug-likeness (QED) is 0.702. The fourth-order valence-corrected chi connectivity index (χ4v) is 1.53. The number of hydrogen-bond donors (Lipinski definition) is 1. The predicted octanol–water partition coefficient (Wildman–Crippen LogP) is 3.11. The molecule has 1 aromatic heterocycles. The van der Waals surface area contributed by atoms with Crippen LogP contribution in [0.15, 0.2) is 12.1 Å². The number of anilines is 1. The van der Waals surface area contributed by atoms with Gasteiger partial charge in [0.25, 0.3) is 0 Å². The number of nitrogens with zero attached hydrogens (tertiary/aromatic N) is 1. The minimum absolute atomic E-state index is 0.410. The summed E-state index contributed by atoms with van der Waals surface area (Å²) in [6, 6.07) is 3.72. The number of rotatable bonds is 9. The molecule has 102 valence electrons. The molecule has 0 amide bonds. The van der Waals surface area contributed by atoms with E-state index < -0.39 is 0 Å². The summed E-state index contributed by atoms with van der Waals surface area (Å²) in [4.78, 5) is 4.42. The summed E-state index contributed by atoms with van der Waals surface area (Å²) in [6.07, 6.45) is 1.06. The highest BCUT2D eigenvalue weighted by Crippen LogP contribution is 2.17. The molecule has 4 nitrogen and oxygen atoms in total. The van der Waals surface area contributed by atoms with E-state index in [1.54, 1.807) is 0 Å². The van der Waals surface area contributed by atoms with E-state index in [1.807, 2.05) is 19.1 Å².